The quantitative estimate of drug-likeness (QED) is 0.207. The number of ether oxygens (including phenoxy) is 1. The van der Waals surface area contributed by atoms with Gasteiger partial charge in [-0.1, -0.05) is 134 Å². The summed E-state index contributed by atoms with van der Waals surface area (Å²) in [6.45, 7) is 0. The number of benzene rings is 4. The molecule has 0 bridgehead atoms. The first-order valence-electron chi connectivity index (χ1n) is 18.9. The minimum absolute atomic E-state index is 0.0412. The Morgan fingerprint density at radius 2 is 1.43 bits per heavy atom. The number of allylic oxidation sites excluding steroid dienone is 12. The Kier molecular flexibility index (Phi) is 7.69. The molecule has 1 saturated heterocycles. The van der Waals surface area contributed by atoms with Crippen LogP contribution >= 0.6 is 0 Å². The fourth-order valence-electron chi connectivity index (χ4n) is 9.50. The molecular formula is C50H42O. The number of rotatable bonds is 5. The van der Waals surface area contributed by atoms with Crippen molar-refractivity contribution in [3.05, 3.63) is 191 Å². The molecule has 5 atom stereocenters. The molecular weight excluding hydrogens is 617 g/mol. The summed E-state index contributed by atoms with van der Waals surface area (Å²) in [6.07, 6.45) is 31.6. The van der Waals surface area contributed by atoms with Gasteiger partial charge >= 0.3 is 0 Å². The van der Waals surface area contributed by atoms with E-state index >= 15 is 0 Å². The van der Waals surface area contributed by atoms with Crippen LogP contribution in [0.25, 0.3) is 45.1 Å². The molecule has 1 aliphatic heterocycles. The van der Waals surface area contributed by atoms with E-state index in [1.54, 1.807) is 0 Å². The van der Waals surface area contributed by atoms with Crippen molar-refractivity contribution in [2.24, 2.45) is 17.8 Å². The van der Waals surface area contributed by atoms with E-state index in [1.807, 2.05) is 0 Å². The van der Waals surface area contributed by atoms with E-state index in [9.17, 15) is 0 Å². The van der Waals surface area contributed by atoms with Crippen molar-refractivity contribution in [2.75, 3.05) is 0 Å². The minimum Gasteiger partial charge on any atom is -0.365 e. The maximum atomic E-state index is 7.16. The zero-order valence-electron chi connectivity index (χ0n) is 28.9. The van der Waals surface area contributed by atoms with Crippen LogP contribution in [0.2, 0.25) is 0 Å². The van der Waals surface area contributed by atoms with Crippen LogP contribution in [0.5, 0.6) is 0 Å². The molecule has 4 aromatic carbocycles. The van der Waals surface area contributed by atoms with E-state index in [0.29, 0.717) is 17.8 Å². The monoisotopic (exact) mass is 658 g/mol. The smallest absolute Gasteiger partial charge is 0.0904 e. The topological polar surface area (TPSA) is 9.23 Å². The van der Waals surface area contributed by atoms with Gasteiger partial charge in [0.2, 0.25) is 0 Å². The zero-order chi connectivity index (χ0) is 33.7. The van der Waals surface area contributed by atoms with E-state index in [2.05, 4.69) is 164 Å². The third-order valence-electron chi connectivity index (χ3n) is 11.9. The Morgan fingerprint density at radius 3 is 2.35 bits per heavy atom. The van der Waals surface area contributed by atoms with Gasteiger partial charge in [0.15, 0.2) is 0 Å². The molecule has 0 saturated carbocycles. The average molecular weight is 659 g/mol. The molecule has 5 unspecified atom stereocenters. The molecule has 10 rings (SSSR count). The second-order valence-corrected chi connectivity index (χ2v) is 14.9. The molecule has 1 heteroatoms. The van der Waals surface area contributed by atoms with Crippen molar-refractivity contribution in [1.29, 1.82) is 0 Å². The molecule has 6 aliphatic rings. The maximum Gasteiger partial charge on any atom is 0.0904 e. The highest BCUT2D eigenvalue weighted by Gasteiger charge is 2.48. The molecule has 5 aliphatic carbocycles. The molecule has 4 aromatic rings. The van der Waals surface area contributed by atoms with Crippen molar-refractivity contribution in [3.63, 3.8) is 0 Å². The Balaban J connectivity index is 0.985. The van der Waals surface area contributed by atoms with Gasteiger partial charge in [-0.3, -0.25) is 0 Å². The van der Waals surface area contributed by atoms with Crippen LogP contribution in [-0.4, -0.2) is 12.2 Å². The van der Waals surface area contributed by atoms with Crippen molar-refractivity contribution in [3.8, 4) is 11.1 Å². The Morgan fingerprint density at radius 1 is 0.627 bits per heavy atom. The van der Waals surface area contributed by atoms with Crippen LogP contribution in [0, 0.1) is 17.8 Å². The van der Waals surface area contributed by atoms with Gasteiger partial charge in [-0.25, -0.2) is 0 Å². The third-order valence-corrected chi connectivity index (χ3v) is 11.9. The molecule has 0 radical (unpaired) electrons. The van der Waals surface area contributed by atoms with Gasteiger partial charge in [-0.2, -0.15) is 0 Å². The lowest BCUT2D eigenvalue weighted by atomic mass is 9.63. The van der Waals surface area contributed by atoms with Gasteiger partial charge in [0.1, 0.15) is 0 Å². The first-order chi connectivity index (χ1) is 25.3. The molecule has 51 heavy (non-hydrogen) atoms. The highest BCUT2D eigenvalue weighted by Crippen LogP contribution is 2.50. The van der Waals surface area contributed by atoms with E-state index in [-0.39, 0.29) is 12.2 Å². The molecule has 0 amide bonds. The molecule has 1 heterocycles. The minimum atomic E-state index is 0.0412. The first kappa shape index (κ1) is 30.6. The van der Waals surface area contributed by atoms with E-state index in [0.717, 1.165) is 32.1 Å². The summed E-state index contributed by atoms with van der Waals surface area (Å²) in [7, 11) is 0. The largest absolute Gasteiger partial charge is 0.365 e. The Bertz CT molecular complexity index is 2390. The van der Waals surface area contributed by atoms with Crippen LogP contribution in [-0.2, 0) is 4.74 Å². The highest BCUT2D eigenvalue weighted by molar-refractivity contribution is 5.90. The molecule has 1 nitrogen and oxygen atoms in total. The van der Waals surface area contributed by atoms with Crippen molar-refractivity contribution in [2.45, 2.75) is 44.3 Å². The lowest BCUT2D eigenvalue weighted by Gasteiger charge is -2.50. The van der Waals surface area contributed by atoms with Gasteiger partial charge in [0, 0.05) is 11.8 Å². The lowest BCUT2D eigenvalue weighted by molar-refractivity contribution is -0.0634. The van der Waals surface area contributed by atoms with Gasteiger partial charge in [0.25, 0.3) is 0 Å². The van der Waals surface area contributed by atoms with Crippen LogP contribution < -0.4 is 10.4 Å². The van der Waals surface area contributed by atoms with Gasteiger partial charge in [-0.15, -0.1) is 0 Å². The summed E-state index contributed by atoms with van der Waals surface area (Å²) in [6, 6.07) is 36.1. The molecule has 0 spiro atoms. The predicted octanol–water partition coefficient (Wildman–Crippen LogP) is 10.5. The second kappa shape index (κ2) is 12.8. The van der Waals surface area contributed by atoms with E-state index in [1.165, 1.54) is 71.7 Å². The van der Waals surface area contributed by atoms with E-state index < -0.39 is 0 Å². The standard InChI is InChI=1S/C50H42O/c1-3-13-33(14-4-1)40-29-41(34-15-5-2-6-16-34)31-42(30-40)37-20-9-18-35(27-37)36-19-10-21-38(28-36)44-23-11-26-47-46-25-12-24-45-43-22-8-7-17-39(43)32-48(49(45)46)51-50(44)47/h1,3-5,7-8,10-19,21-24,26-32,46-50H,2,6,9,20,25H2. The van der Waals surface area contributed by atoms with Crippen LogP contribution in [0.3, 0.4) is 0 Å². The highest BCUT2D eigenvalue weighted by atomic mass is 16.5. The average Bonchev–Trinajstić information content (AvgIpc) is 3.21. The van der Waals surface area contributed by atoms with Gasteiger partial charge in [0.05, 0.1) is 12.2 Å². The van der Waals surface area contributed by atoms with Gasteiger partial charge in [-0.05, 0) is 140 Å². The summed E-state index contributed by atoms with van der Waals surface area (Å²) >= 11 is 0. The third kappa shape index (κ3) is 5.52. The van der Waals surface area contributed by atoms with Crippen molar-refractivity contribution >= 4 is 33.9 Å². The van der Waals surface area contributed by atoms with Crippen LogP contribution in [0.1, 0.15) is 54.4 Å². The summed E-state index contributed by atoms with van der Waals surface area (Å²) in [5.41, 5.74) is 14.5. The molecule has 0 N–H and O–H groups in total. The molecule has 0 aromatic heterocycles. The number of hydrogen-bond acceptors (Lipinski definition) is 1. The first-order valence-corrected chi connectivity index (χ1v) is 18.9. The fraction of sp³-hybridized carbons (Fsp3) is 0.200. The fourth-order valence-corrected chi connectivity index (χ4v) is 9.50. The zero-order valence-corrected chi connectivity index (χ0v) is 28.9. The van der Waals surface area contributed by atoms with Gasteiger partial charge < -0.3 is 4.74 Å². The summed E-state index contributed by atoms with van der Waals surface area (Å²) < 4.78 is 7.16. The van der Waals surface area contributed by atoms with Crippen LogP contribution in [0.4, 0.5) is 0 Å². The summed E-state index contributed by atoms with van der Waals surface area (Å²) in [5.74, 6) is 1.29. The van der Waals surface area contributed by atoms with Crippen LogP contribution in [0.15, 0.2) is 158 Å². The normalized spacial score (nSPS) is 25.7. The SMILES string of the molecule is C1=CC2C(OC3C=c4ccccc4=C4C=CCC2C43)C(c2cccc(C3=CCCC(c4cc(C5=CCCC=C5)cc(-c5ccccc5)c4)=C3)c2)=C1. The summed E-state index contributed by atoms with van der Waals surface area (Å²) in [5, 5.41) is 2.68. The van der Waals surface area contributed by atoms with Crippen molar-refractivity contribution in [1.82, 2.24) is 0 Å². The summed E-state index contributed by atoms with van der Waals surface area (Å²) in [4.78, 5) is 0. The van der Waals surface area contributed by atoms with Crippen molar-refractivity contribution < 1.29 is 4.74 Å². The Hall–Kier alpha value is -5.24. The Labute approximate surface area is 301 Å². The van der Waals surface area contributed by atoms with E-state index in [4.69, 9.17) is 4.74 Å². The number of hydrogen-bond donors (Lipinski definition) is 0. The predicted molar refractivity (Wildman–Crippen MR) is 213 cm³/mol. The molecule has 1 fully saturated rings. The lowest BCUT2D eigenvalue weighted by Crippen LogP contribution is -2.52. The second-order valence-electron chi connectivity index (χ2n) is 14.9. The number of fused-ring (bicyclic) bond motifs is 3. The molecule has 248 valence electrons. The maximum absolute atomic E-state index is 7.16.